The summed E-state index contributed by atoms with van der Waals surface area (Å²) in [5.74, 6) is -5.15. The summed E-state index contributed by atoms with van der Waals surface area (Å²) in [6.07, 6.45) is 0.787. The molecule has 4 atom stereocenters. The quantitative estimate of drug-likeness (QED) is 0.341. The zero-order chi connectivity index (χ0) is 23.9. The standard InChI is InChI=1S/C24H24N2O7/c1-3-14-4-8-16(9-5-14)26-21(29)18-19(22(26)30)24(12-27,23(31)32)25-20(18)15-6-10-17(11-7-15)33-13(2)28/h4-11,18-20,25,27H,3,12H2,1-2H3,(H,31,32). The van der Waals surface area contributed by atoms with E-state index < -0.39 is 53.8 Å². The number of aliphatic hydroxyl groups excluding tert-OH is 1. The van der Waals surface area contributed by atoms with Gasteiger partial charge in [-0.1, -0.05) is 31.2 Å². The fourth-order valence-corrected chi connectivity index (χ4v) is 4.74. The van der Waals surface area contributed by atoms with Gasteiger partial charge in [-0.15, -0.1) is 0 Å². The van der Waals surface area contributed by atoms with Crippen molar-refractivity contribution in [1.82, 2.24) is 5.32 Å². The van der Waals surface area contributed by atoms with E-state index in [9.17, 15) is 29.4 Å². The number of nitrogens with one attached hydrogen (secondary N) is 1. The van der Waals surface area contributed by atoms with Crippen molar-refractivity contribution < 1.29 is 34.1 Å². The lowest BCUT2D eigenvalue weighted by Crippen LogP contribution is -2.58. The third-order valence-corrected chi connectivity index (χ3v) is 6.39. The van der Waals surface area contributed by atoms with Gasteiger partial charge in [0.2, 0.25) is 11.8 Å². The molecule has 33 heavy (non-hydrogen) atoms. The highest BCUT2D eigenvalue weighted by Crippen LogP contribution is 2.49. The lowest BCUT2D eigenvalue weighted by atomic mass is 9.79. The molecule has 4 rings (SSSR count). The summed E-state index contributed by atoms with van der Waals surface area (Å²) in [5.41, 5.74) is -0.102. The van der Waals surface area contributed by atoms with Crippen LogP contribution < -0.4 is 15.0 Å². The predicted octanol–water partition coefficient (Wildman–Crippen LogP) is 1.44. The van der Waals surface area contributed by atoms with E-state index >= 15 is 0 Å². The van der Waals surface area contributed by atoms with Gasteiger partial charge < -0.3 is 14.9 Å². The Morgan fingerprint density at radius 2 is 1.70 bits per heavy atom. The van der Waals surface area contributed by atoms with E-state index in [4.69, 9.17) is 4.74 Å². The number of esters is 1. The highest BCUT2D eigenvalue weighted by atomic mass is 16.5. The second-order valence-electron chi connectivity index (χ2n) is 8.25. The van der Waals surface area contributed by atoms with Gasteiger partial charge in [-0.05, 0) is 41.8 Å². The number of fused-ring (bicyclic) bond motifs is 1. The molecule has 2 aliphatic heterocycles. The van der Waals surface area contributed by atoms with Crippen molar-refractivity contribution in [3.63, 3.8) is 0 Å². The highest BCUT2D eigenvalue weighted by molar-refractivity contribution is 6.24. The Morgan fingerprint density at radius 1 is 1.06 bits per heavy atom. The first-order valence-electron chi connectivity index (χ1n) is 10.6. The Hall–Kier alpha value is -3.56. The fourth-order valence-electron chi connectivity index (χ4n) is 4.74. The maximum absolute atomic E-state index is 13.5. The second-order valence-corrected chi connectivity index (χ2v) is 8.25. The number of anilines is 1. The highest BCUT2D eigenvalue weighted by Gasteiger charge is 2.68. The number of nitrogens with zero attached hydrogens (tertiary/aromatic N) is 1. The minimum atomic E-state index is -2.02. The average Bonchev–Trinajstić information content (AvgIpc) is 3.28. The molecule has 2 aromatic carbocycles. The maximum Gasteiger partial charge on any atom is 0.327 e. The molecule has 0 aliphatic carbocycles. The Balaban J connectivity index is 1.76. The molecule has 4 unspecified atom stereocenters. The molecule has 2 fully saturated rings. The Morgan fingerprint density at radius 3 is 2.21 bits per heavy atom. The maximum atomic E-state index is 13.5. The number of imide groups is 1. The molecule has 9 heteroatoms. The largest absolute Gasteiger partial charge is 0.480 e. The van der Waals surface area contributed by atoms with Crippen LogP contribution in [0.5, 0.6) is 5.75 Å². The van der Waals surface area contributed by atoms with Gasteiger partial charge in [-0.2, -0.15) is 0 Å². The fraction of sp³-hybridized carbons (Fsp3) is 0.333. The molecule has 172 valence electrons. The molecule has 2 heterocycles. The van der Waals surface area contributed by atoms with Crippen molar-refractivity contribution in [2.24, 2.45) is 11.8 Å². The molecule has 3 N–H and O–H groups in total. The predicted molar refractivity (Wildman–Crippen MR) is 116 cm³/mol. The molecular formula is C24H24N2O7. The Kier molecular flexibility index (Phi) is 5.77. The number of carboxylic acids is 1. The molecule has 0 bridgehead atoms. The minimum Gasteiger partial charge on any atom is -0.480 e. The zero-order valence-electron chi connectivity index (χ0n) is 18.1. The van der Waals surface area contributed by atoms with Crippen LogP contribution in [0.15, 0.2) is 48.5 Å². The lowest BCUT2D eigenvalue weighted by molar-refractivity contribution is -0.150. The van der Waals surface area contributed by atoms with Crippen molar-refractivity contribution in [1.29, 1.82) is 0 Å². The molecule has 2 aromatic rings. The number of aliphatic hydroxyl groups is 1. The average molecular weight is 452 g/mol. The van der Waals surface area contributed by atoms with E-state index in [0.717, 1.165) is 16.9 Å². The first kappa shape index (κ1) is 22.6. The van der Waals surface area contributed by atoms with Gasteiger partial charge in [0, 0.05) is 13.0 Å². The number of aryl methyl sites for hydroxylation is 1. The summed E-state index contributed by atoms with van der Waals surface area (Å²) in [7, 11) is 0. The Bertz CT molecular complexity index is 1110. The van der Waals surface area contributed by atoms with Crippen LogP contribution in [0.2, 0.25) is 0 Å². The van der Waals surface area contributed by atoms with Crippen LogP contribution in [-0.4, -0.2) is 46.1 Å². The molecule has 2 aliphatic rings. The number of ether oxygens (including phenoxy) is 1. The molecule has 0 spiro atoms. The van der Waals surface area contributed by atoms with Gasteiger partial charge in [0.25, 0.3) is 0 Å². The van der Waals surface area contributed by atoms with Crippen LogP contribution in [0.4, 0.5) is 5.69 Å². The number of carbonyl (C=O) groups is 4. The summed E-state index contributed by atoms with van der Waals surface area (Å²) in [6, 6.07) is 12.3. The molecule has 0 saturated carbocycles. The van der Waals surface area contributed by atoms with Crippen molar-refractivity contribution in [3.05, 3.63) is 59.7 Å². The van der Waals surface area contributed by atoms with Gasteiger partial charge in [0.15, 0.2) is 5.54 Å². The monoisotopic (exact) mass is 452 g/mol. The van der Waals surface area contributed by atoms with E-state index in [0.29, 0.717) is 17.0 Å². The van der Waals surface area contributed by atoms with Gasteiger partial charge in [-0.3, -0.25) is 24.5 Å². The number of amides is 2. The SMILES string of the molecule is CCc1ccc(N2C(=O)C3C(c4ccc(OC(C)=O)cc4)NC(CO)(C(=O)O)C3C2=O)cc1. The second kappa shape index (κ2) is 8.42. The number of rotatable bonds is 6. The van der Waals surface area contributed by atoms with E-state index in [1.165, 1.54) is 19.1 Å². The van der Waals surface area contributed by atoms with Crippen LogP contribution >= 0.6 is 0 Å². The van der Waals surface area contributed by atoms with E-state index in [-0.39, 0.29) is 0 Å². The molecule has 0 radical (unpaired) electrons. The summed E-state index contributed by atoms with van der Waals surface area (Å²) < 4.78 is 5.03. The Labute approximate surface area is 190 Å². The summed E-state index contributed by atoms with van der Waals surface area (Å²) >= 11 is 0. The van der Waals surface area contributed by atoms with Gasteiger partial charge in [0.05, 0.1) is 24.1 Å². The topological polar surface area (TPSA) is 133 Å². The lowest BCUT2D eigenvalue weighted by Gasteiger charge is -2.29. The third kappa shape index (κ3) is 3.59. The molecule has 0 aromatic heterocycles. The number of hydrogen-bond acceptors (Lipinski definition) is 7. The third-order valence-electron chi connectivity index (χ3n) is 6.39. The first-order valence-corrected chi connectivity index (χ1v) is 10.6. The van der Waals surface area contributed by atoms with Crippen molar-refractivity contribution in [3.8, 4) is 5.75 Å². The normalized spacial score (nSPS) is 26.4. The number of aliphatic carboxylic acids is 1. The van der Waals surface area contributed by atoms with Crippen LogP contribution in [0.3, 0.4) is 0 Å². The molecular weight excluding hydrogens is 428 g/mol. The van der Waals surface area contributed by atoms with Crippen LogP contribution in [0, 0.1) is 11.8 Å². The van der Waals surface area contributed by atoms with E-state index in [2.05, 4.69) is 5.32 Å². The summed E-state index contributed by atoms with van der Waals surface area (Å²) in [4.78, 5) is 51.4. The van der Waals surface area contributed by atoms with E-state index in [1.807, 2.05) is 19.1 Å². The summed E-state index contributed by atoms with van der Waals surface area (Å²) in [6.45, 7) is 2.38. The van der Waals surface area contributed by atoms with Gasteiger partial charge >= 0.3 is 11.9 Å². The first-order chi connectivity index (χ1) is 15.7. The van der Waals surface area contributed by atoms with Crippen LogP contribution in [-0.2, 0) is 25.6 Å². The van der Waals surface area contributed by atoms with Crippen LogP contribution in [0.1, 0.15) is 31.0 Å². The minimum absolute atomic E-state index is 0.291. The summed E-state index contributed by atoms with van der Waals surface area (Å²) in [5, 5.41) is 22.9. The molecule has 2 saturated heterocycles. The van der Waals surface area contributed by atoms with Crippen molar-refractivity contribution in [2.45, 2.75) is 31.8 Å². The number of carbonyl (C=O) groups excluding carboxylic acids is 3. The molecule has 2 amide bonds. The number of carboxylic acid groups (broad SMARTS) is 1. The van der Waals surface area contributed by atoms with Crippen molar-refractivity contribution in [2.75, 3.05) is 11.5 Å². The van der Waals surface area contributed by atoms with Crippen LogP contribution in [0.25, 0.3) is 0 Å². The van der Waals surface area contributed by atoms with Gasteiger partial charge in [-0.25, -0.2) is 4.90 Å². The number of hydrogen-bond donors (Lipinski definition) is 3. The molecule has 9 nitrogen and oxygen atoms in total. The van der Waals surface area contributed by atoms with E-state index in [1.54, 1.807) is 24.3 Å². The zero-order valence-corrected chi connectivity index (χ0v) is 18.1. The van der Waals surface area contributed by atoms with Crippen molar-refractivity contribution >= 4 is 29.4 Å². The van der Waals surface area contributed by atoms with Gasteiger partial charge in [0.1, 0.15) is 5.75 Å². The number of benzene rings is 2. The smallest absolute Gasteiger partial charge is 0.327 e.